The number of hydrogen-bond acceptors (Lipinski definition) is 3. The average molecular weight is 276 g/mol. The maximum Gasteiger partial charge on any atom is 0.254 e. The summed E-state index contributed by atoms with van der Waals surface area (Å²) in [5, 5.41) is 12.1. The van der Waals surface area contributed by atoms with Gasteiger partial charge in [0.25, 0.3) is 5.91 Å². The van der Waals surface area contributed by atoms with Crippen LogP contribution in [-0.4, -0.2) is 23.7 Å². The van der Waals surface area contributed by atoms with E-state index in [1.807, 2.05) is 13.8 Å². The molecule has 15 heavy (non-hydrogen) atoms. The Labute approximate surface area is 96.8 Å². The standard InChI is InChI=1S/C10H14BrNO3/c1-6(2)8(13)4-12-10(14)7-3-9(11)15-5-7/h3,5-6,8,13H,4H2,1-2H3,(H,12,14). The van der Waals surface area contributed by atoms with Gasteiger partial charge in [-0.1, -0.05) is 13.8 Å². The van der Waals surface area contributed by atoms with Crippen LogP contribution in [0.15, 0.2) is 21.4 Å². The molecule has 1 atom stereocenters. The number of aliphatic hydroxyl groups excluding tert-OH is 1. The van der Waals surface area contributed by atoms with E-state index in [2.05, 4.69) is 21.2 Å². The van der Waals surface area contributed by atoms with Crippen molar-refractivity contribution in [1.29, 1.82) is 0 Å². The molecule has 0 fully saturated rings. The molecule has 0 aliphatic rings. The second-order valence-electron chi connectivity index (χ2n) is 3.66. The smallest absolute Gasteiger partial charge is 0.254 e. The van der Waals surface area contributed by atoms with Gasteiger partial charge >= 0.3 is 0 Å². The van der Waals surface area contributed by atoms with Crippen LogP contribution in [0.4, 0.5) is 0 Å². The van der Waals surface area contributed by atoms with Crippen LogP contribution in [0, 0.1) is 5.92 Å². The second-order valence-corrected chi connectivity index (χ2v) is 4.44. The Hall–Kier alpha value is -0.810. The summed E-state index contributed by atoms with van der Waals surface area (Å²) >= 11 is 3.11. The minimum atomic E-state index is -0.524. The molecule has 1 heterocycles. The molecule has 0 radical (unpaired) electrons. The van der Waals surface area contributed by atoms with E-state index in [0.717, 1.165) is 0 Å². The topological polar surface area (TPSA) is 62.5 Å². The van der Waals surface area contributed by atoms with Crippen LogP contribution < -0.4 is 5.32 Å². The highest BCUT2D eigenvalue weighted by atomic mass is 79.9. The molecule has 84 valence electrons. The van der Waals surface area contributed by atoms with Crippen LogP contribution in [0.1, 0.15) is 24.2 Å². The first-order valence-corrected chi connectivity index (χ1v) is 5.50. The highest BCUT2D eigenvalue weighted by Crippen LogP contribution is 2.13. The molecule has 0 spiro atoms. The molecule has 0 aliphatic carbocycles. The molecule has 1 amide bonds. The molecule has 0 aliphatic heterocycles. The number of furan rings is 1. The Bertz CT molecular complexity index is 335. The van der Waals surface area contributed by atoms with Crippen molar-refractivity contribution >= 4 is 21.8 Å². The lowest BCUT2D eigenvalue weighted by Gasteiger charge is -2.14. The number of halogens is 1. The van der Waals surface area contributed by atoms with E-state index in [1.165, 1.54) is 6.26 Å². The van der Waals surface area contributed by atoms with Crippen molar-refractivity contribution in [3.05, 3.63) is 22.6 Å². The quantitative estimate of drug-likeness (QED) is 0.881. The Morgan fingerprint density at radius 1 is 1.67 bits per heavy atom. The van der Waals surface area contributed by atoms with Gasteiger partial charge in [0.15, 0.2) is 4.67 Å². The van der Waals surface area contributed by atoms with Gasteiger partial charge in [-0.15, -0.1) is 0 Å². The van der Waals surface area contributed by atoms with E-state index in [4.69, 9.17) is 4.42 Å². The van der Waals surface area contributed by atoms with Gasteiger partial charge < -0.3 is 14.8 Å². The second kappa shape index (κ2) is 5.32. The number of amides is 1. The molecule has 4 nitrogen and oxygen atoms in total. The zero-order valence-corrected chi connectivity index (χ0v) is 10.2. The summed E-state index contributed by atoms with van der Waals surface area (Å²) in [7, 11) is 0. The van der Waals surface area contributed by atoms with E-state index < -0.39 is 6.10 Å². The number of nitrogens with one attached hydrogen (secondary N) is 1. The summed E-state index contributed by atoms with van der Waals surface area (Å²) in [5.41, 5.74) is 0.442. The minimum absolute atomic E-state index is 0.126. The van der Waals surface area contributed by atoms with Gasteiger partial charge in [-0.25, -0.2) is 0 Å². The lowest BCUT2D eigenvalue weighted by atomic mass is 10.1. The SMILES string of the molecule is CC(C)C(O)CNC(=O)c1coc(Br)c1. The van der Waals surface area contributed by atoms with Crippen molar-refractivity contribution in [1.82, 2.24) is 5.32 Å². The molecule has 0 bridgehead atoms. The molecular weight excluding hydrogens is 262 g/mol. The fraction of sp³-hybridized carbons (Fsp3) is 0.500. The number of rotatable bonds is 4. The zero-order chi connectivity index (χ0) is 11.4. The number of carbonyl (C=O) groups excluding carboxylic acids is 1. The van der Waals surface area contributed by atoms with Crippen LogP contribution in [0.25, 0.3) is 0 Å². The Kier molecular flexibility index (Phi) is 4.35. The number of hydrogen-bond donors (Lipinski definition) is 2. The predicted octanol–water partition coefficient (Wildman–Crippen LogP) is 1.79. The van der Waals surface area contributed by atoms with Crippen molar-refractivity contribution in [2.45, 2.75) is 20.0 Å². The maximum absolute atomic E-state index is 11.5. The molecule has 1 unspecified atom stereocenters. The van der Waals surface area contributed by atoms with Gasteiger partial charge in [0, 0.05) is 12.6 Å². The lowest BCUT2D eigenvalue weighted by molar-refractivity contribution is 0.0871. The Morgan fingerprint density at radius 3 is 2.80 bits per heavy atom. The van der Waals surface area contributed by atoms with Crippen LogP contribution >= 0.6 is 15.9 Å². The molecule has 0 aromatic carbocycles. The van der Waals surface area contributed by atoms with E-state index in [-0.39, 0.29) is 18.4 Å². The first-order chi connectivity index (χ1) is 7.00. The summed E-state index contributed by atoms with van der Waals surface area (Å²) in [5.74, 6) is -0.120. The molecule has 1 aromatic rings. The average Bonchev–Trinajstić information content (AvgIpc) is 2.60. The zero-order valence-electron chi connectivity index (χ0n) is 8.66. The minimum Gasteiger partial charge on any atom is -0.457 e. The van der Waals surface area contributed by atoms with Crippen molar-refractivity contribution in [2.75, 3.05) is 6.54 Å². The molecule has 2 N–H and O–H groups in total. The van der Waals surface area contributed by atoms with Gasteiger partial charge in [0.2, 0.25) is 0 Å². The third-order valence-electron chi connectivity index (χ3n) is 2.07. The summed E-state index contributed by atoms with van der Waals surface area (Å²) < 4.78 is 5.44. The maximum atomic E-state index is 11.5. The van der Waals surface area contributed by atoms with Crippen molar-refractivity contribution < 1.29 is 14.3 Å². The third-order valence-corrected chi connectivity index (χ3v) is 2.49. The highest BCUT2D eigenvalue weighted by Gasteiger charge is 2.13. The fourth-order valence-electron chi connectivity index (χ4n) is 0.964. The summed E-state index contributed by atoms with van der Waals surface area (Å²) in [6, 6.07) is 1.58. The predicted molar refractivity (Wildman–Crippen MR) is 59.6 cm³/mol. The van der Waals surface area contributed by atoms with Crippen LogP contribution in [0.3, 0.4) is 0 Å². The number of carbonyl (C=O) groups is 1. The van der Waals surface area contributed by atoms with Crippen LogP contribution in [-0.2, 0) is 0 Å². The van der Waals surface area contributed by atoms with Crippen LogP contribution in [0.5, 0.6) is 0 Å². The number of aliphatic hydroxyl groups is 1. The van der Waals surface area contributed by atoms with E-state index in [1.54, 1.807) is 6.07 Å². The molecule has 1 rings (SSSR count). The highest BCUT2D eigenvalue weighted by molar-refractivity contribution is 9.10. The van der Waals surface area contributed by atoms with E-state index in [9.17, 15) is 9.90 Å². The lowest BCUT2D eigenvalue weighted by Crippen LogP contribution is -2.34. The molecule has 0 saturated carbocycles. The summed E-state index contributed by atoms with van der Waals surface area (Å²) in [4.78, 5) is 11.5. The fourth-order valence-corrected chi connectivity index (χ4v) is 1.30. The Balaban J connectivity index is 2.43. The van der Waals surface area contributed by atoms with Gasteiger partial charge in [-0.2, -0.15) is 0 Å². The summed E-state index contributed by atoms with van der Waals surface area (Å²) in [6.45, 7) is 4.04. The Morgan fingerprint density at radius 2 is 2.33 bits per heavy atom. The van der Waals surface area contributed by atoms with Crippen LogP contribution in [0.2, 0.25) is 0 Å². The first kappa shape index (κ1) is 12.3. The first-order valence-electron chi connectivity index (χ1n) is 4.71. The van der Waals surface area contributed by atoms with E-state index >= 15 is 0 Å². The molecule has 0 saturated heterocycles. The van der Waals surface area contributed by atoms with Gasteiger partial charge in [0.05, 0.1) is 11.7 Å². The largest absolute Gasteiger partial charge is 0.457 e. The molecule has 1 aromatic heterocycles. The molecule has 5 heteroatoms. The van der Waals surface area contributed by atoms with Gasteiger partial charge in [0.1, 0.15) is 6.26 Å². The van der Waals surface area contributed by atoms with Gasteiger partial charge in [-0.05, 0) is 21.8 Å². The van der Waals surface area contributed by atoms with Crippen molar-refractivity contribution in [2.24, 2.45) is 5.92 Å². The molecular formula is C10H14BrNO3. The van der Waals surface area contributed by atoms with Crippen molar-refractivity contribution in [3.8, 4) is 0 Å². The summed E-state index contributed by atoms with van der Waals surface area (Å²) in [6.07, 6.45) is 0.838. The monoisotopic (exact) mass is 275 g/mol. The van der Waals surface area contributed by atoms with Gasteiger partial charge in [-0.3, -0.25) is 4.79 Å². The van der Waals surface area contributed by atoms with E-state index in [0.29, 0.717) is 10.2 Å². The normalized spacial score (nSPS) is 12.9. The van der Waals surface area contributed by atoms with Crippen molar-refractivity contribution in [3.63, 3.8) is 0 Å². The third kappa shape index (κ3) is 3.68.